The largest absolute Gasteiger partial charge is 0.458 e. The molecular formula is C11H14O3. The first-order chi connectivity index (χ1) is 6.56. The Labute approximate surface area is 83.4 Å². The number of carbonyl (C=O) groups excluding carboxylic acids is 2. The van der Waals surface area contributed by atoms with Crippen LogP contribution in [0.3, 0.4) is 0 Å². The number of ketones is 1. The standard InChI is InChI=1S/C11H14O3/c1-4-5-9-7(2)11(6-10(9)13)14-8(3)12/h4,11H,1,5-6H2,2-3H3/t11-/m0/s1. The minimum absolute atomic E-state index is 0.0636. The second-order valence-corrected chi connectivity index (χ2v) is 3.38. The van der Waals surface area contributed by atoms with Gasteiger partial charge in [-0.05, 0) is 18.9 Å². The molecule has 0 heterocycles. The van der Waals surface area contributed by atoms with Crippen molar-refractivity contribution in [2.24, 2.45) is 0 Å². The number of allylic oxidation sites excluding steroid dienone is 2. The molecule has 0 saturated carbocycles. The van der Waals surface area contributed by atoms with E-state index < -0.39 is 0 Å². The van der Waals surface area contributed by atoms with Gasteiger partial charge >= 0.3 is 5.97 Å². The molecule has 1 aliphatic rings. The lowest BCUT2D eigenvalue weighted by Crippen LogP contribution is -2.15. The summed E-state index contributed by atoms with van der Waals surface area (Å²) in [6.45, 7) is 6.77. The maximum atomic E-state index is 11.5. The first-order valence-electron chi connectivity index (χ1n) is 4.57. The predicted octanol–water partition coefficient (Wildman–Crippen LogP) is 1.78. The fourth-order valence-electron chi connectivity index (χ4n) is 1.61. The summed E-state index contributed by atoms with van der Waals surface area (Å²) in [6, 6.07) is 0. The van der Waals surface area contributed by atoms with E-state index in [9.17, 15) is 9.59 Å². The molecule has 0 fully saturated rings. The third-order valence-electron chi connectivity index (χ3n) is 2.32. The quantitative estimate of drug-likeness (QED) is 0.508. The van der Waals surface area contributed by atoms with Gasteiger partial charge in [0.15, 0.2) is 5.78 Å². The van der Waals surface area contributed by atoms with Crippen LogP contribution in [0.4, 0.5) is 0 Å². The second-order valence-electron chi connectivity index (χ2n) is 3.38. The Morgan fingerprint density at radius 2 is 2.36 bits per heavy atom. The van der Waals surface area contributed by atoms with Crippen LogP contribution in [-0.2, 0) is 14.3 Å². The molecule has 1 atom stereocenters. The summed E-state index contributed by atoms with van der Waals surface area (Å²) in [6.07, 6.45) is 2.18. The average molecular weight is 194 g/mol. The highest BCUT2D eigenvalue weighted by Crippen LogP contribution is 2.28. The Morgan fingerprint density at radius 3 is 2.86 bits per heavy atom. The third-order valence-corrected chi connectivity index (χ3v) is 2.32. The molecule has 0 amide bonds. The lowest BCUT2D eigenvalue weighted by Gasteiger charge is -2.10. The number of rotatable bonds is 3. The Morgan fingerprint density at radius 1 is 1.71 bits per heavy atom. The molecular weight excluding hydrogens is 180 g/mol. The van der Waals surface area contributed by atoms with Gasteiger partial charge in [0.1, 0.15) is 6.10 Å². The number of ether oxygens (including phenoxy) is 1. The summed E-state index contributed by atoms with van der Waals surface area (Å²) in [5.41, 5.74) is 1.61. The fourth-order valence-corrected chi connectivity index (χ4v) is 1.61. The molecule has 3 nitrogen and oxygen atoms in total. The van der Waals surface area contributed by atoms with Crippen molar-refractivity contribution in [3.63, 3.8) is 0 Å². The molecule has 0 spiro atoms. The molecule has 1 aliphatic carbocycles. The Kier molecular flexibility index (Phi) is 3.23. The smallest absolute Gasteiger partial charge is 0.303 e. The van der Waals surface area contributed by atoms with E-state index in [4.69, 9.17) is 4.74 Å². The van der Waals surface area contributed by atoms with E-state index in [1.54, 1.807) is 6.08 Å². The fraction of sp³-hybridized carbons (Fsp3) is 0.455. The molecule has 0 aromatic rings. The lowest BCUT2D eigenvalue weighted by atomic mass is 10.1. The molecule has 0 aromatic heterocycles. The van der Waals surface area contributed by atoms with Crippen LogP contribution in [-0.4, -0.2) is 17.9 Å². The summed E-state index contributed by atoms with van der Waals surface area (Å²) >= 11 is 0. The highest BCUT2D eigenvalue weighted by Gasteiger charge is 2.30. The third kappa shape index (κ3) is 2.10. The number of hydrogen-bond acceptors (Lipinski definition) is 3. The molecule has 76 valence electrons. The van der Waals surface area contributed by atoms with Gasteiger partial charge in [0.05, 0.1) is 6.42 Å². The van der Waals surface area contributed by atoms with E-state index in [0.29, 0.717) is 6.42 Å². The van der Waals surface area contributed by atoms with Gasteiger partial charge in [-0.15, -0.1) is 6.58 Å². The van der Waals surface area contributed by atoms with Gasteiger partial charge in [-0.1, -0.05) is 6.08 Å². The highest BCUT2D eigenvalue weighted by atomic mass is 16.5. The van der Waals surface area contributed by atoms with Gasteiger partial charge in [-0.3, -0.25) is 9.59 Å². The van der Waals surface area contributed by atoms with Crippen molar-refractivity contribution in [3.8, 4) is 0 Å². The van der Waals surface area contributed by atoms with E-state index in [1.165, 1.54) is 6.92 Å². The summed E-state index contributed by atoms with van der Waals surface area (Å²) in [7, 11) is 0. The van der Waals surface area contributed by atoms with Crippen LogP contribution in [0.5, 0.6) is 0 Å². The maximum absolute atomic E-state index is 11.5. The zero-order valence-electron chi connectivity index (χ0n) is 8.50. The Bertz CT molecular complexity index is 312. The number of esters is 1. The van der Waals surface area contributed by atoms with Crippen LogP contribution in [0.25, 0.3) is 0 Å². The van der Waals surface area contributed by atoms with Crippen molar-refractivity contribution in [3.05, 3.63) is 23.8 Å². The maximum Gasteiger partial charge on any atom is 0.303 e. The summed E-state index contributed by atoms with van der Waals surface area (Å²) in [5, 5.41) is 0. The molecule has 0 unspecified atom stereocenters. The zero-order chi connectivity index (χ0) is 10.7. The second kappa shape index (κ2) is 4.22. The van der Waals surface area contributed by atoms with Gasteiger partial charge in [0.2, 0.25) is 0 Å². The van der Waals surface area contributed by atoms with E-state index in [2.05, 4.69) is 6.58 Å². The monoisotopic (exact) mass is 194 g/mol. The molecule has 14 heavy (non-hydrogen) atoms. The molecule has 0 aliphatic heterocycles. The van der Waals surface area contributed by atoms with E-state index in [1.807, 2.05) is 6.92 Å². The lowest BCUT2D eigenvalue weighted by molar-refractivity contribution is -0.144. The zero-order valence-corrected chi connectivity index (χ0v) is 8.50. The van der Waals surface area contributed by atoms with Crippen molar-refractivity contribution >= 4 is 11.8 Å². The average Bonchev–Trinajstić information content (AvgIpc) is 2.32. The van der Waals surface area contributed by atoms with Gasteiger partial charge in [-0.2, -0.15) is 0 Å². The van der Waals surface area contributed by atoms with Crippen LogP contribution >= 0.6 is 0 Å². The number of carbonyl (C=O) groups is 2. The first kappa shape index (κ1) is 10.7. The van der Waals surface area contributed by atoms with E-state index in [0.717, 1.165) is 11.1 Å². The minimum atomic E-state index is -0.352. The number of hydrogen-bond donors (Lipinski definition) is 0. The summed E-state index contributed by atoms with van der Waals surface area (Å²) in [4.78, 5) is 22.2. The van der Waals surface area contributed by atoms with Crippen LogP contribution in [0, 0.1) is 0 Å². The summed E-state index contributed by atoms with van der Waals surface area (Å²) < 4.78 is 5.02. The van der Waals surface area contributed by atoms with Crippen molar-refractivity contribution in [2.75, 3.05) is 0 Å². The predicted molar refractivity (Wildman–Crippen MR) is 52.7 cm³/mol. The number of Topliss-reactive ketones (excluding diaryl/α,β-unsaturated/α-hetero) is 1. The van der Waals surface area contributed by atoms with Crippen LogP contribution < -0.4 is 0 Å². The molecule has 0 saturated heterocycles. The van der Waals surface area contributed by atoms with E-state index >= 15 is 0 Å². The van der Waals surface area contributed by atoms with Crippen LogP contribution in [0.1, 0.15) is 26.7 Å². The van der Waals surface area contributed by atoms with Crippen molar-refractivity contribution in [1.82, 2.24) is 0 Å². The molecule has 0 N–H and O–H groups in total. The topological polar surface area (TPSA) is 43.4 Å². The van der Waals surface area contributed by atoms with Crippen LogP contribution in [0.2, 0.25) is 0 Å². The highest BCUT2D eigenvalue weighted by molar-refractivity contribution is 6.00. The normalized spacial score (nSPS) is 21.3. The Hall–Kier alpha value is -1.38. The van der Waals surface area contributed by atoms with Crippen molar-refractivity contribution in [2.45, 2.75) is 32.8 Å². The molecule has 0 bridgehead atoms. The van der Waals surface area contributed by atoms with Gasteiger partial charge in [0, 0.05) is 12.5 Å². The van der Waals surface area contributed by atoms with Crippen LogP contribution in [0.15, 0.2) is 23.8 Å². The van der Waals surface area contributed by atoms with Gasteiger partial charge in [0.25, 0.3) is 0 Å². The molecule has 3 heteroatoms. The summed E-state index contributed by atoms with van der Waals surface area (Å²) in [5.74, 6) is -0.282. The van der Waals surface area contributed by atoms with Gasteiger partial charge < -0.3 is 4.74 Å². The van der Waals surface area contributed by atoms with Gasteiger partial charge in [-0.25, -0.2) is 0 Å². The first-order valence-corrected chi connectivity index (χ1v) is 4.57. The van der Waals surface area contributed by atoms with Crippen molar-refractivity contribution < 1.29 is 14.3 Å². The molecule has 0 aromatic carbocycles. The minimum Gasteiger partial charge on any atom is -0.458 e. The van der Waals surface area contributed by atoms with Crippen molar-refractivity contribution in [1.29, 1.82) is 0 Å². The molecule has 1 rings (SSSR count). The SMILES string of the molecule is C=CCC1=C(C)[C@@H](OC(C)=O)CC1=O. The van der Waals surface area contributed by atoms with E-state index in [-0.39, 0.29) is 24.3 Å². The molecule has 0 radical (unpaired) electrons. The Balaban J connectivity index is 2.81.